The first-order chi connectivity index (χ1) is 9.50. The zero-order valence-electron chi connectivity index (χ0n) is 10.8. The van der Waals surface area contributed by atoms with Gasteiger partial charge in [0, 0.05) is 0 Å². The second kappa shape index (κ2) is 5.86. The van der Waals surface area contributed by atoms with Gasteiger partial charge < -0.3 is 4.42 Å². The van der Waals surface area contributed by atoms with Crippen LogP contribution in [0.25, 0.3) is 0 Å². The molecule has 6 nitrogen and oxygen atoms in total. The maximum Gasteiger partial charge on any atom is 0.216 e. The highest BCUT2D eigenvalue weighted by molar-refractivity contribution is 7.88. The van der Waals surface area contributed by atoms with Gasteiger partial charge in [-0.2, -0.15) is 5.26 Å². The molecule has 0 fully saturated rings. The number of aryl methyl sites for hydroxylation is 1. The fraction of sp³-hybridized carbons (Fsp3) is 0.231. The molecule has 1 heterocycles. The van der Waals surface area contributed by atoms with Gasteiger partial charge in [0.2, 0.25) is 15.9 Å². The number of rotatable bonds is 5. The van der Waals surface area contributed by atoms with Crippen molar-refractivity contribution in [2.24, 2.45) is 0 Å². The van der Waals surface area contributed by atoms with E-state index in [1.807, 2.05) is 6.07 Å². The quantitative estimate of drug-likeness (QED) is 0.900. The molecule has 0 saturated heterocycles. The van der Waals surface area contributed by atoms with Crippen LogP contribution >= 0.6 is 0 Å². The van der Waals surface area contributed by atoms with Gasteiger partial charge >= 0.3 is 0 Å². The molecule has 1 N–H and O–H groups in total. The topological polar surface area (TPSA) is 96.0 Å². The zero-order chi connectivity index (χ0) is 14.6. The Morgan fingerprint density at radius 1 is 1.40 bits per heavy atom. The molecule has 1 aromatic heterocycles. The lowest BCUT2D eigenvalue weighted by atomic mass is 10.1. The Morgan fingerprint density at radius 3 is 2.80 bits per heavy atom. The first-order valence-corrected chi connectivity index (χ1v) is 7.52. The highest BCUT2D eigenvalue weighted by Crippen LogP contribution is 2.11. The highest BCUT2D eigenvalue weighted by atomic mass is 32.2. The van der Waals surface area contributed by atoms with Crippen molar-refractivity contribution in [2.75, 3.05) is 0 Å². The van der Waals surface area contributed by atoms with E-state index in [-0.39, 0.29) is 12.3 Å². The molecule has 2 rings (SSSR count). The van der Waals surface area contributed by atoms with E-state index in [1.54, 1.807) is 31.2 Å². The van der Waals surface area contributed by atoms with Crippen LogP contribution in [0.2, 0.25) is 0 Å². The number of hydrogen-bond donors (Lipinski definition) is 1. The molecule has 0 atom stereocenters. The van der Waals surface area contributed by atoms with Crippen molar-refractivity contribution in [3.05, 3.63) is 53.2 Å². The Kier molecular flexibility index (Phi) is 4.17. The normalized spacial score (nSPS) is 11.2. The molecule has 0 saturated carbocycles. The van der Waals surface area contributed by atoms with Crippen LogP contribution in [0.15, 0.2) is 34.9 Å². The number of oxazole rings is 1. The minimum atomic E-state index is -3.56. The zero-order valence-corrected chi connectivity index (χ0v) is 11.6. The number of nitrogens with one attached hydrogen (secondary N) is 1. The van der Waals surface area contributed by atoms with Crippen molar-refractivity contribution < 1.29 is 12.8 Å². The molecule has 1 aromatic carbocycles. The summed E-state index contributed by atoms with van der Waals surface area (Å²) >= 11 is 0. The first kappa shape index (κ1) is 14.2. The minimum Gasteiger partial charge on any atom is -0.445 e. The third-order valence-electron chi connectivity index (χ3n) is 2.60. The van der Waals surface area contributed by atoms with E-state index in [0.717, 1.165) is 0 Å². The number of sulfonamides is 1. The number of nitrogens with zero attached hydrogens (tertiary/aromatic N) is 2. The summed E-state index contributed by atoms with van der Waals surface area (Å²) in [7, 11) is -3.56. The lowest BCUT2D eigenvalue weighted by molar-refractivity contribution is 0.463. The van der Waals surface area contributed by atoms with Gasteiger partial charge in [-0.15, -0.1) is 0 Å². The summed E-state index contributed by atoms with van der Waals surface area (Å²) in [6.07, 6.45) is 1.52. The number of nitriles is 1. The summed E-state index contributed by atoms with van der Waals surface area (Å²) in [6.45, 7) is 1.72. The standard InChI is InChI=1S/C13H13N3O3S/c1-10-7-15-13(19-10)8-16-20(17,18)9-12-5-3-2-4-11(12)6-14/h2-5,7,16H,8-9H2,1H3. The molecular formula is C13H13N3O3S. The van der Waals surface area contributed by atoms with Gasteiger partial charge in [0.1, 0.15) is 5.76 Å². The van der Waals surface area contributed by atoms with E-state index in [0.29, 0.717) is 22.8 Å². The van der Waals surface area contributed by atoms with Crippen molar-refractivity contribution >= 4 is 10.0 Å². The smallest absolute Gasteiger partial charge is 0.216 e. The maximum atomic E-state index is 12.0. The largest absolute Gasteiger partial charge is 0.445 e. The van der Waals surface area contributed by atoms with Crippen LogP contribution in [0.3, 0.4) is 0 Å². The molecule has 0 aliphatic carbocycles. The van der Waals surface area contributed by atoms with Gasteiger partial charge in [0.05, 0.1) is 30.1 Å². The molecule has 104 valence electrons. The van der Waals surface area contributed by atoms with E-state index in [1.165, 1.54) is 6.20 Å². The number of aromatic nitrogens is 1. The molecule has 0 spiro atoms. The van der Waals surface area contributed by atoms with E-state index < -0.39 is 10.0 Å². The second-order valence-corrected chi connectivity index (χ2v) is 6.02. The molecule has 0 radical (unpaired) electrons. The SMILES string of the molecule is Cc1cnc(CNS(=O)(=O)Cc2ccccc2C#N)o1. The third kappa shape index (κ3) is 3.66. The van der Waals surface area contributed by atoms with Gasteiger partial charge in [-0.25, -0.2) is 18.1 Å². The van der Waals surface area contributed by atoms with Crippen LogP contribution in [0.1, 0.15) is 22.8 Å². The van der Waals surface area contributed by atoms with Crippen molar-refractivity contribution in [1.82, 2.24) is 9.71 Å². The average molecular weight is 291 g/mol. The minimum absolute atomic E-state index is 0.00903. The molecule has 20 heavy (non-hydrogen) atoms. The van der Waals surface area contributed by atoms with Gasteiger partial charge in [-0.1, -0.05) is 18.2 Å². The van der Waals surface area contributed by atoms with E-state index in [4.69, 9.17) is 9.68 Å². The van der Waals surface area contributed by atoms with E-state index in [9.17, 15) is 8.42 Å². The summed E-state index contributed by atoms with van der Waals surface area (Å²) in [5.74, 6) is 0.671. The monoisotopic (exact) mass is 291 g/mol. The Hall–Kier alpha value is -2.17. The fourth-order valence-electron chi connectivity index (χ4n) is 1.67. The molecule has 0 aliphatic heterocycles. The molecule has 0 aliphatic rings. The van der Waals surface area contributed by atoms with Crippen LogP contribution in [-0.4, -0.2) is 13.4 Å². The summed E-state index contributed by atoms with van der Waals surface area (Å²) in [4.78, 5) is 3.91. The molecule has 2 aromatic rings. The summed E-state index contributed by atoms with van der Waals surface area (Å²) in [5.41, 5.74) is 0.816. The lowest BCUT2D eigenvalue weighted by Gasteiger charge is -2.06. The third-order valence-corrected chi connectivity index (χ3v) is 3.87. The molecule has 0 amide bonds. The van der Waals surface area contributed by atoms with Gasteiger partial charge in [0.25, 0.3) is 0 Å². The van der Waals surface area contributed by atoms with Gasteiger partial charge in [-0.3, -0.25) is 0 Å². The highest BCUT2D eigenvalue weighted by Gasteiger charge is 2.15. The van der Waals surface area contributed by atoms with E-state index >= 15 is 0 Å². The van der Waals surface area contributed by atoms with Crippen LogP contribution in [-0.2, 0) is 22.3 Å². The Bertz CT molecular complexity index is 744. The first-order valence-electron chi connectivity index (χ1n) is 5.87. The summed E-state index contributed by atoms with van der Waals surface area (Å²) in [5, 5.41) is 8.94. The lowest BCUT2D eigenvalue weighted by Crippen LogP contribution is -2.25. The van der Waals surface area contributed by atoms with Crippen LogP contribution in [0.5, 0.6) is 0 Å². The Balaban J connectivity index is 2.06. The van der Waals surface area contributed by atoms with Crippen molar-refractivity contribution in [3.63, 3.8) is 0 Å². The second-order valence-electron chi connectivity index (χ2n) is 4.21. The Labute approximate surface area is 117 Å². The number of benzene rings is 1. The predicted octanol–water partition coefficient (Wildman–Crippen LogP) is 1.47. The average Bonchev–Trinajstić information content (AvgIpc) is 2.83. The van der Waals surface area contributed by atoms with Gasteiger partial charge in [-0.05, 0) is 18.6 Å². The predicted molar refractivity (Wildman–Crippen MR) is 71.9 cm³/mol. The van der Waals surface area contributed by atoms with Crippen LogP contribution in [0.4, 0.5) is 0 Å². The Morgan fingerprint density at radius 2 is 2.15 bits per heavy atom. The van der Waals surface area contributed by atoms with Crippen molar-refractivity contribution in [3.8, 4) is 6.07 Å². The fourth-order valence-corrected chi connectivity index (χ4v) is 2.77. The molecule has 0 unspecified atom stereocenters. The molecule has 0 bridgehead atoms. The maximum absolute atomic E-state index is 12.0. The number of hydrogen-bond acceptors (Lipinski definition) is 5. The molecule has 7 heteroatoms. The van der Waals surface area contributed by atoms with Crippen LogP contribution in [0, 0.1) is 18.3 Å². The molecular weight excluding hydrogens is 278 g/mol. The van der Waals surface area contributed by atoms with Crippen molar-refractivity contribution in [2.45, 2.75) is 19.2 Å². The van der Waals surface area contributed by atoms with Crippen LogP contribution < -0.4 is 4.72 Å². The van der Waals surface area contributed by atoms with Crippen molar-refractivity contribution in [1.29, 1.82) is 5.26 Å². The van der Waals surface area contributed by atoms with E-state index in [2.05, 4.69) is 9.71 Å². The van der Waals surface area contributed by atoms with Gasteiger partial charge in [0.15, 0.2) is 0 Å². The summed E-state index contributed by atoms with van der Waals surface area (Å²) in [6, 6.07) is 8.57. The summed E-state index contributed by atoms with van der Waals surface area (Å²) < 4.78 is 31.5.